The van der Waals surface area contributed by atoms with Crippen molar-refractivity contribution in [2.24, 2.45) is 0 Å². The molecule has 3 aromatic carbocycles. The molecule has 0 atom stereocenters. The first-order chi connectivity index (χ1) is 16.4. The second-order valence-corrected chi connectivity index (χ2v) is 7.98. The van der Waals surface area contributed by atoms with Crippen LogP contribution in [0.25, 0.3) is 6.08 Å². The van der Waals surface area contributed by atoms with Crippen LogP contribution in [0.5, 0.6) is 11.5 Å². The molecular weight excluding hydrogens is 448 g/mol. The fraction of sp³-hybridized carbons (Fsp3) is 0.143. The molecule has 0 saturated carbocycles. The summed E-state index contributed by atoms with van der Waals surface area (Å²) in [7, 11) is 1.54. The minimum Gasteiger partial charge on any atom is -0.493 e. The van der Waals surface area contributed by atoms with Crippen LogP contribution in [0, 0.1) is 18.3 Å². The number of carbonyl (C=O) groups excluding carboxylic acids is 1. The van der Waals surface area contributed by atoms with Crippen molar-refractivity contribution in [3.8, 4) is 17.6 Å². The van der Waals surface area contributed by atoms with E-state index in [0.29, 0.717) is 34.2 Å². The lowest BCUT2D eigenvalue weighted by Gasteiger charge is -2.16. The number of halogens is 1. The predicted molar refractivity (Wildman–Crippen MR) is 136 cm³/mol. The number of rotatable bonds is 9. The number of allylic oxidation sites excluding steroid dienone is 1. The SMILES string of the molecule is C=CCc1cc(/C=C(/C#N)C(=O)Nc2ccc(C)cc2)cc(OC)c1OCc1ccccc1Cl. The number of hydrogen-bond donors (Lipinski definition) is 1. The number of hydrogen-bond acceptors (Lipinski definition) is 4. The van der Waals surface area contributed by atoms with Crippen LogP contribution in [-0.4, -0.2) is 13.0 Å². The van der Waals surface area contributed by atoms with Crippen LogP contribution in [0.4, 0.5) is 5.69 Å². The number of nitrogens with zero attached hydrogens (tertiary/aromatic N) is 1. The van der Waals surface area contributed by atoms with Crippen molar-refractivity contribution in [3.05, 3.63) is 106 Å². The van der Waals surface area contributed by atoms with E-state index in [4.69, 9.17) is 21.1 Å². The zero-order valence-corrected chi connectivity index (χ0v) is 19.9. The lowest BCUT2D eigenvalue weighted by atomic mass is 10.0. The van der Waals surface area contributed by atoms with Gasteiger partial charge < -0.3 is 14.8 Å². The van der Waals surface area contributed by atoms with E-state index in [1.54, 1.807) is 30.3 Å². The van der Waals surface area contributed by atoms with Gasteiger partial charge in [-0.15, -0.1) is 6.58 Å². The van der Waals surface area contributed by atoms with Gasteiger partial charge in [0, 0.05) is 21.8 Å². The standard InChI is InChI=1S/C28H25ClN2O3/c1-4-7-21-14-20(15-23(17-30)28(32)31-24-12-10-19(2)11-13-24)16-26(33-3)27(21)34-18-22-8-5-6-9-25(22)29/h4-6,8-16H,1,7,18H2,2-3H3,(H,31,32)/b23-15-. The van der Waals surface area contributed by atoms with E-state index in [1.165, 1.54) is 13.2 Å². The van der Waals surface area contributed by atoms with Gasteiger partial charge in [-0.3, -0.25) is 4.79 Å². The number of nitrogens with one attached hydrogen (secondary N) is 1. The predicted octanol–water partition coefficient (Wildman–Crippen LogP) is 6.51. The number of amides is 1. The third-order valence-electron chi connectivity index (χ3n) is 5.05. The third-order valence-corrected chi connectivity index (χ3v) is 5.42. The van der Waals surface area contributed by atoms with Gasteiger partial charge in [0.2, 0.25) is 0 Å². The Morgan fingerprint density at radius 1 is 1.15 bits per heavy atom. The van der Waals surface area contributed by atoms with Crippen LogP contribution in [0.3, 0.4) is 0 Å². The van der Waals surface area contributed by atoms with Crippen molar-refractivity contribution in [2.75, 3.05) is 12.4 Å². The maximum absolute atomic E-state index is 12.7. The molecule has 1 N–H and O–H groups in total. The number of carbonyl (C=O) groups is 1. The molecule has 0 spiro atoms. The summed E-state index contributed by atoms with van der Waals surface area (Å²) in [5, 5.41) is 13.0. The highest BCUT2D eigenvalue weighted by Crippen LogP contribution is 2.35. The first-order valence-corrected chi connectivity index (χ1v) is 11.0. The number of anilines is 1. The molecule has 0 aliphatic heterocycles. The summed E-state index contributed by atoms with van der Waals surface area (Å²) >= 11 is 6.26. The van der Waals surface area contributed by atoms with E-state index in [0.717, 1.165) is 16.7 Å². The van der Waals surface area contributed by atoms with E-state index >= 15 is 0 Å². The van der Waals surface area contributed by atoms with Gasteiger partial charge in [0.1, 0.15) is 18.2 Å². The number of benzene rings is 3. The highest BCUT2D eigenvalue weighted by molar-refractivity contribution is 6.31. The van der Waals surface area contributed by atoms with E-state index in [-0.39, 0.29) is 12.2 Å². The summed E-state index contributed by atoms with van der Waals surface area (Å²) in [5.41, 5.74) is 3.95. The van der Waals surface area contributed by atoms with Gasteiger partial charge in [0.15, 0.2) is 11.5 Å². The van der Waals surface area contributed by atoms with Gasteiger partial charge in [0.05, 0.1) is 7.11 Å². The Bertz CT molecular complexity index is 1260. The quantitative estimate of drug-likeness (QED) is 0.219. The lowest BCUT2D eigenvalue weighted by molar-refractivity contribution is -0.112. The molecule has 3 rings (SSSR count). The van der Waals surface area contributed by atoms with Crippen LogP contribution in [0.2, 0.25) is 5.02 Å². The molecule has 0 saturated heterocycles. The molecule has 0 radical (unpaired) electrons. The van der Waals surface area contributed by atoms with Gasteiger partial charge in [-0.05, 0) is 55.3 Å². The summed E-state index contributed by atoms with van der Waals surface area (Å²) in [6.07, 6.45) is 3.78. The summed E-state index contributed by atoms with van der Waals surface area (Å²) in [4.78, 5) is 12.7. The fourth-order valence-corrected chi connectivity index (χ4v) is 3.50. The second kappa shape index (κ2) is 11.7. The van der Waals surface area contributed by atoms with Crippen LogP contribution >= 0.6 is 11.6 Å². The van der Waals surface area contributed by atoms with Crippen LogP contribution in [0.15, 0.2) is 78.9 Å². The number of ether oxygens (including phenoxy) is 2. The van der Waals surface area contributed by atoms with Gasteiger partial charge in [-0.25, -0.2) is 0 Å². The molecule has 1 amide bonds. The summed E-state index contributed by atoms with van der Waals surface area (Å²) in [6.45, 7) is 6.05. The van der Waals surface area contributed by atoms with E-state index in [9.17, 15) is 10.1 Å². The zero-order chi connectivity index (χ0) is 24.5. The topological polar surface area (TPSA) is 71.4 Å². The van der Waals surface area contributed by atoms with Crippen LogP contribution in [0.1, 0.15) is 22.3 Å². The molecule has 3 aromatic rings. The van der Waals surface area contributed by atoms with Crippen molar-refractivity contribution >= 4 is 29.3 Å². The van der Waals surface area contributed by atoms with Crippen molar-refractivity contribution < 1.29 is 14.3 Å². The van der Waals surface area contributed by atoms with E-state index in [1.807, 2.05) is 49.4 Å². The molecule has 6 heteroatoms. The summed E-state index contributed by atoms with van der Waals surface area (Å²) < 4.78 is 11.6. The molecule has 0 aromatic heterocycles. The summed E-state index contributed by atoms with van der Waals surface area (Å²) in [6, 6.07) is 20.4. The normalized spacial score (nSPS) is 10.8. The summed E-state index contributed by atoms with van der Waals surface area (Å²) in [5.74, 6) is 0.547. The second-order valence-electron chi connectivity index (χ2n) is 7.57. The molecule has 0 unspecified atom stereocenters. The Morgan fingerprint density at radius 3 is 2.53 bits per heavy atom. The van der Waals surface area contributed by atoms with Gasteiger partial charge in [-0.1, -0.05) is 53.6 Å². The molecule has 0 bridgehead atoms. The Balaban J connectivity index is 1.90. The van der Waals surface area contributed by atoms with Gasteiger partial charge in [0.25, 0.3) is 5.91 Å². The average Bonchev–Trinajstić information content (AvgIpc) is 2.84. The Kier molecular flexibility index (Phi) is 8.50. The highest BCUT2D eigenvalue weighted by Gasteiger charge is 2.15. The Labute approximate surface area is 204 Å². The first-order valence-electron chi connectivity index (χ1n) is 10.6. The van der Waals surface area contributed by atoms with Crippen molar-refractivity contribution in [1.29, 1.82) is 5.26 Å². The zero-order valence-electron chi connectivity index (χ0n) is 19.1. The van der Waals surface area contributed by atoms with Gasteiger partial charge in [-0.2, -0.15) is 5.26 Å². The van der Waals surface area contributed by atoms with Crippen molar-refractivity contribution in [2.45, 2.75) is 20.0 Å². The first kappa shape index (κ1) is 24.6. The van der Waals surface area contributed by atoms with Gasteiger partial charge >= 0.3 is 0 Å². The molecule has 0 fully saturated rings. The van der Waals surface area contributed by atoms with E-state index in [2.05, 4.69) is 11.9 Å². The smallest absolute Gasteiger partial charge is 0.266 e. The monoisotopic (exact) mass is 472 g/mol. The maximum Gasteiger partial charge on any atom is 0.266 e. The Hall–Kier alpha value is -4.01. The largest absolute Gasteiger partial charge is 0.493 e. The average molecular weight is 473 g/mol. The third kappa shape index (κ3) is 6.28. The lowest BCUT2D eigenvalue weighted by Crippen LogP contribution is -2.13. The number of methoxy groups -OCH3 is 1. The number of aryl methyl sites for hydroxylation is 1. The molecule has 0 heterocycles. The van der Waals surface area contributed by atoms with Crippen LogP contribution < -0.4 is 14.8 Å². The van der Waals surface area contributed by atoms with Crippen LogP contribution in [-0.2, 0) is 17.8 Å². The minimum absolute atomic E-state index is 0.0306. The molecule has 5 nitrogen and oxygen atoms in total. The maximum atomic E-state index is 12.7. The molecule has 0 aliphatic carbocycles. The molecule has 0 aliphatic rings. The molecule has 172 valence electrons. The van der Waals surface area contributed by atoms with Crippen molar-refractivity contribution in [1.82, 2.24) is 0 Å². The van der Waals surface area contributed by atoms with Crippen molar-refractivity contribution in [3.63, 3.8) is 0 Å². The Morgan fingerprint density at radius 2 is 1.88 bits per heavy atom. The fourth-order valence-electron chi connectivity index (χ4n) is 3.31. The number of nitriles is 1. The highest BCUT2D eigenvalue weighted by atomic mass is 35.5. The molecular formula is C28H25ClN2O3. The molecule has 34 heavy (non-hydrogen) atoms. The van der Waals surface area contributed by atoms with E-state index < -0.39 is 5.91 Å². The minimum atomic E-state index is -0.491.